The number of halogens is 3. The number of benzene rings is 2. The Bertz CT molecular complexity index is 659. The van der Waals surface area contributed by atoms with Crippen LogP contribution in [-0.2, 0) is 6.54 Å². The molecule has 0 fully saturated rings. The number of hydrogen-bond acceptors (Lipinski definition) is 2. The zero-order valence-corrected chi connectivity index (χ0v) is 14.9. The van der Waals surface area contributed by atoms with Gasteiger partial charge in [-0.2, -0.15) is 0 Å². The smallest absolute Gasteiger partial charge is 0.335 e. The van der Waals surface area contributed by atoms with Crippen LogP contribution in [0.1, 0.15) is 15.9 Å². The Labute approximate surface area is 141 Å². The van der Waals surface area contributed by atoms with E-state index in [4.69, 9.17) is 5.11 Å². The Morgan fingerprint density at radius 1 is 1.05 bits per heavy atom. The van der Waals surface area contributed by atoms with Crippen LogP contribution in [0, 0.1) is 0 Å². The van der Waals surface area contributed by atoms with Crippen LogP contribution in [0.4, 0.5) is 5.69 Å². The molecule has 0 amide bonds. The average Bonchev–Trinajstić information content (AvgIpc) is 2.40. The van der Waals surface area contributed by atoms with Crippen LogP contribution in [0.3, 0.4) is 0 Å². The molecule has 0 heterocycles. The van der Waals surface area contributed by atoms with Crippen molar-refractivity contribution in [1.82, 2.24) is 0 Å². The third-order valence-electron chi connectivity index (χ3n) is 2.70. The fourth-order valence-electron chi connectivity index (χ4n) is 1.65. The molecule has 0 aliphatic rings. The van der Waals surface area contributed by atoms with Crippen LogP contribution < -0.4 is 5.32 Å². The van der Waals surface area contributed by atoms with Crippen molar-refractivity contribution >= 4 is 59.4 Å². The van der Waals surface area contributed by atoms with Gasteiger partial charge in [-0.05, 0) is 51.8 Å². The summed E-state index contributed by atoms with van der Waals surface area (Å²) in [7, 11) is 0. The monoisotopic (exact) mass is 461 g/mol. The van der Waals surface area contributed by atoms with Gasteiger partial charge in [-0.3, -0.25) is 0 Å². The van der Waals surface area contributed by atoms with E-state index in [1.54, 1.807) is 18.2 Å². The lowest BCUT2D eigenvalue weighted by molar-refractivity contribution is 0.0697. The predicted molar refractivity (Wildman–Crippen MR) is 90.3 cm³/mol. The van der Waals surface area contributed by atoms with Gasteiger partial charge in [-0.25, -0.2) is 4.79 Å². The van der Waals surface area contributed by atoms with Gasteiger partial charge in [0.2, 0.25) is 0 Å². The minimum Gasteiger partial charge on any atom is -0.478 e. The van der Waals surface area contributed by atoms with Crippen molar-refractivity contribution in [2.45, 2.75) is 6.54 Å². The highest BCUT2D eigenvalue weighted by atomic mass is 79.9. The second kappa shape index (κ2) is 6.74. The number of rotatable bonds is 4. The largest absolute Gasteiger partial charge is 0.478 e. The Morgan fingerprint density at radius 3 is 2.45 bits per heavy atom. The summed E-state index contributed by atoms with van der Waals surface area (Å²) in [6, 6.07) is 10.9. The molecule has 104 valence electrons. The van der Waals surface area contributed by atoms with Gasteiger partial charge in [0.15, 0.2) is 0 Å². The normalized spacial score (nSPS) is 10.3. The fraction of sp³-hybridized carbons (Fsp3) is 0.0714. The molecule has 3 nitrogen and oxygen atoms in total. The molecule has 0 saturated heterocycles. The minimum atomic E-state index is -0.931. The van der Waals surface area contributed by atoms with E-state index in [0.29, 0.717) is 6.54 Å². The van der Waals surface area contributed by atoms with Gasteiger partial charge in [0.1, 0.15) is 0 Å². The summed E-state index contributed by atoms with van der Waals surface area (Å²) >= 11 is 10.3. The molecule has 2 N–H and O–H groups in total. The molecule has 20 heavy (non-hydrogen) atoms. The number of carboxylic acid groups (broad SMARTS) is 1. The van der Waals surface area contributed by atoms with Crippen molar-refractivity contribution in [3.63, 3.8) is 0 Å². The van der Waals surface area contributed by atoms with Crippen molar-refractivity contribution < 1.29 is 9.90 Å². The lowest BCUT2D eigenvalue weighted by Gasteiger charge is -2.11. The van der Waals surface area contributed by atoms with Crippen molar-refractivity contribution in [3.8, 4) is 0 Å². The molecule has 0 aromatic heterocycles. The van der Waals surface area contributed by atoms with E-state index >= 15 is 0 Å². The molecule has 0 spiro atoms. The van der Waals surface area contributed by atoms with E-state index in [1.165, 1.54) is 0 Å². The van der Waals surface area contributed by atoms with Gasteiger partial charge in [0.05, 0.1) is 5.56 Å². The van der Waals surface area contributed by atoms with Crippen molar-refractivity contribution in [2.24, 2.45) is 0 Å². The Morgan fingerprint density at radius 2 is 1.80 bits per heavy atom. The lowest BCUT2D eigenvalue weighted by Crippen LogP contribution is -2.03. The van der Waals surface area contributed by atoms with E-state index in [0.717, 1.165) is 24.7 Å². The van der Waals surface area contributed by atoms with Gasteiger partial charge in [0, 0.05) is 25.7 Å². The molecular weight excluding hydrogens is 454 g/mol. The van der Waals surface area contributed by atoms with Crippen molar-refractivity contribution in [3.05, 3.63) is 60.9 Å². The summed E-state index contributed by atoms with van der Waals surface area (Å²) in [5, 5.41) is 12.2. The first-order chi connectivity index (χ1) is 9.47. The number of hydrogen-bond donors (Lipinski definition) is 2. The minimum absolute atomic E-state index is 0.268. The molecular formula is C14H10Br3NO2. The maximum Gasteiger partial charge on any atom is 0.335 e. The summed E-state index contributed by atoms with van der Waals surface area (Å²) in [5.41, 5.74) is 2.22. The molecule has 0 atom stereocenters. The molecule has 0 unspecified atom stereocenters. The highest BCUT2D eigenvalue weighted by molar-refractivity contribution is 9.11. The van der Waals surface area contributed by atoms with Crippen LogP contribution in [-0.4, -0.2) is 11.1 Å². The average molecular weight is 464 g/mol. The van der Waals surface area contributed by atoms with E-state index in [2.05, 4.69) is 53.1 Å². The van der Waals surface area contributed by atoms with Gasteiger partial charge >= 0.3 is 5.97 Å². The maximum absolute atomic E-state index is 10.9. The van der Waals surface area contributed by atoms with E-state index in [-0.39, 0.29) is 5.56 Å². The van der Waals surface area contributed by atoms with Gasteiger partial charge < -0.3 is 10.4 Å². The summed E-state index contributed by atoms with van der Waals surface area (Å²) in [5.74, 6) is -0.931. The lowest BCUT2D eigenvalue weighted by atomic mass is 10.1. The van der Waals surface area contributed by atoms with Crippen molar-refractivity contribution in [2.75, 3.05) is 5.32 Å². The van der Waals surface area contributed by atoms with E-state index in [9.17, 15) is 4.79 Å². The first-order valence-corrected chi connectivity index (χ1v) is 8.06. The van der Waals surface area contributed by atoms with Gasteiger partial charge in [0.25, 0.3) is 0 Å². The zero-order valence-electron chi connectivity index (χ0n) is 10.2. The number of carboxylic acids is 1. The number of anilines is 1. The van der Waals surface area contributed by atoms with Crippen LogP contribution in [0.15, 0.2) is 49.8 Å². The highest BCUT2D eigenvalue weighted by Crippen LogP contribution is 2.27. The molecule has 2 aromatic carbocycles. The molecule has 2 rings (SSSR count). The Hall–Kier alpha value is -0.850. The van der Waals surface area contributed by atoms with Crippen LogP contribution in [0.2, 0.25) is 0 Å². The Kier molecular flexibility index (Phi) is 5.23. The van der Waals surface area contributed by atoms with Crippen LogP contribution >= 0.6 is 47.8 Å². The van der Waals surface area contributed by atoms with Gasteiger partial charge in [-0.1, -0.05) is 37.9 Å². The SMILES string of the molecule is O=C(O)c1ccc(CNc2cc(Br)ccc2Br)c(Br)c1. The summed E-state index contributed by atoms with van der Waals surface area (Å²) in [6.07, 6.45) is 0. The standard InChI is InChI=1S/C14H10Br3NO2/c15-10-3-4-11(16)13(6-10)18-7-9-2-1-8(14(19)20)5-12(9)17/h1-6,18H,7H2,(H,19,20). The summed E-state index contributed by atoms with van der Waals surface area (Å²) in [6.45, 7) is 0.593. The topological polar surface area (TPSA) is 49.3 Å². The van der Waals surface area contributed by atoms with Crippen molar-refractivity contribution in [1.29, 1.82) is 0 Å². The van der Waals surface area contributed by atoms with Crippen LogP contribution in [0.25, 0.3) is 0 Å². The number of aromatic carboxylic acids is 1. The predicted octanol–water partition coefficient (Wildman–Crippen LogP) is 5.28. The fourth-order valence-corrected chi connectivity index (χ4v) is 2.91. The summed E-state index contributed by atoms with van der Waals surface area (Å²) < 4.78 is 2.73. The molecule has 6 heteroatoms. The molecule has 0 radical (unpaired) electrons. The quantitative estimate of drug-likeness (QED) is 0.648. The highest BCUT2D eigenvalue weighted by Gasteiger charge is 2.07. The Balaban J connectivity index is 2.15. The first kappa shape index (κ1) is 15.5. The number of carbonyl (C=O) groups is 1. The first-order valence-electron chi connectivity index (χ1n) is 5.68. The van der Waals surface area contributed by atoms with Crippen LogP contribution in [0.5, 0.6) is 0 Å². The second-order valence-electron chi connectivity index (χ2n) is 4.09. The number of nitrogens with one attached hydrogen (secondary N) is 1. The molecule has 2 aromatic rings. The summed E-state index contributed by atoms with van der Waals surface area (Å²) in [4.78, 5) is 10.9. The second-order valence-corrected chi connectivity index (χ2v) is 6.71. The molecule has 0 aliphatic carbocycles. The molecule has 0 saturated carbocycles. The van der Waals surface area contributed by atoms with Gasteiger partial charge in [-0.15, -0.1) is 0 Å². The third kappa shape index (κ3) is 3.84. The van der Waals surface area contributed by atoms with E-state index < -0.39 is 5.97 Å². The molecule has 0 aliphatic heterocycles. The zero-order chi connectivity index (χ0) is 14.7. The van der Waals surface area contributed by atoms with E-state index in [1.807, 2.05) is 18.2 Å². The maximum atomic E-state index is 10.9. The third-order valence-corrected chi connectivity index (χ3v) is 4.62. The molecule has 0 bridgehead atoms.